The fourth-order valence-corrected chi connectivity index (χ4v) is 3.09. The van der Waals surface area contributed by atoms with E-state index < -0.39 is 11.4 Å². The second-order valence-electron chi connectivity index (χ2n) is 5.12. The number of ether oxygens (including phenoxy) is 1. The number of rotatable bonds is 3. The SMILES string of the molecule is CCC1CCCCC1(O)c1ccc(OC)c(F)c1. The maximum absolute atomic E-state index is 13.8. The molecular weight excluding hydrogens is 231 g/mol. The summed E-state index contributed by atoms with van der Waals surface area (Å²) in [5.74, 6) is 0.0501. The van der Waals surface area contributed by atoms with E-state index in [2.05, 4.69) is 6.92 Å². The summed E-state index contributed by atoms with van der Waals surface area (Å²) in [7, 11) is 1.45. The van der Waals surface area contributed by atoms with Crippen molar-refractivity contribution in [1.82, 2.24) is 0 Å². The molecule has 0 bridgehead atoms. The Balaban J connectivity index is 2.36. The molecule has 18 heavy (non-hydrogen) atoms. The zero-order chi connectivity index (χ0) is 13.2. The van der Waals surface area contributed by atoms with Crippen molar-refractivity contribution in [2.24, 2.45) is 5.92 Å². The zero-order valence-corrected chi connectivity index (χ0v) is 11.1. The zero-order valence-electron chi connectivity index (χ0n) is 11.1. The highest BCUT2D eigenvalue weighted by atomic mass is 19.1. The standard InChI is InChI=1S/C15H21FO2/c1-3-11-6-4-5-9-15(11,17)12-7-8-14(18-2)13(16)10-12/h7-8,10-11,17H,3-6,9H2,1-2H3. The molecule has 0 radical (unpaired) electrons. The molecule has 1 aliphatic carbocycles. The summed E-state index contributed by atoms with van der Waals surface area (Å²) in [6.45, 7) is 2.08. The van der Waals surface area contributed by atoms with Gasteiger partial charge in [0.05, 0.1) is 12.7 Å². The number of halogens is 1. The van der Waals surface area contributed by atoms with E-state index in [9.17, 15) is 9.50 Å². The van der Waals surface area contributed by atoms with Gasteiger partial charge in [0.2, 0.25) is 0 Å². The van der Waals surface area contributed by atoms with Gasteiger partial charge in [0.1, 0.15) is 0 Å². The summed E-state index contributed by atoms with van der Waals surface area (Å²) in [5.41, 5.74) is -0.188. The molecule has 0 spiro atoms. The molecule has 1 aliphatic rings. The van der Waals surface area contributed by atoms with Gasteiger partial charge in [-0.2, -0.15) is 0 Å². The highest BCUT2D eigenvalue weighted by Crippen LogP contribution is 2.43. The van der Waals surface area contributed by atoms with E-state index in [4.69, 9.17) is 4.74 Å². The van der Waals surface area contributed by atoms with Crippen LogP contribution in [0.15, 0.2) is 18.2 Å². The highest BCUT2D eigenvalue weighted by molar-refractivity contribution is 5.33. The molecule has 0 aliphatic heterocycles. The molecule has 2 unspecified atom stereocenters. The average Bonchev–Trinajstić information content (AvgIpc) is 2.39. The van der Waals surface area contributed by atoms with E-state index in [1.165, 1.54) is 13.2 Å². The van der Waals surface area contributed by atoms with Crippen molar-refractivity contribution in [2.75, 3.05) is 7.11 Å². The highest BCUT2D eigenvalue weighted by Gasteiger charge is 2.39. The Morgan fingerprint density at radius 1 is 1.44 bits per heavy atom. The Kier molecular flexibility index (Phi) is 3.91. The maximum atomic E-state index is 13.8. The first-order valence-corrected chi connectivity index (χ1v) is 6.68. The van der Waals surface area contributed by atoms with Crippen LogP contribution in [-0.2, 0) is 5.60 Å². The van der Waals surface area contributed by atoms with Gasteiger partial charge in [0.25, 0.3) is 0 Å². The number of methoxy groups -OCH3 is 1. The third-order valence-corrected chi connectivity index (χ3v) is 4.18. The minimum atomic E-state index is -0.875. The van der Waals surface area contributed by atoms with Crippen LogP contribution in [0.3, 0.4) is 0 Å². The lowest BCUT2D eigenvalue weighted by Gasteiger charge is -2.40. The summed E-state index contributed by atoms with van der Waals surface area (Å²) in [5, 5.41) is 10.9. The molecule has 2 rings (SSSR count). The Labute approximate surface area is 108 Å². The summed E-state index contributed by atoms with van der Waals surface area (Å²) in [6.07, 6.45) is 4.81. The number of hydrogen-bond acceptors (Lipinski definition) is 2. The summed E-state index contributed by atoms with van der Waals surface area (Å²) in [6, 6.07) is 4.81. The van der Waals surface area contributed by atoms with Crippen molar-refractivity contribution < 1.29 is 14.2 Å². The van der Waals surface area contributed by atoms with Crippen LogP contribution < -0.4 is 4.74 Å². The van der Waals surface area contributed by atoms with Crippen molar-refractivity contribution in [3.8, 4) is 5.75 Å². The van der Waals surface area contributed by atoms with Gasteiger partial charge in [0, 0.05) is 0 Å². The van der Waals surface area contributed by atoms with E-state index >= 15 is 0 Å². The summed E-state index contributed by atoms with van der Waals surface area (Å²) >= 11 is 0. The van der Waals surface area contributed by atoms with Crippen molar-refractivity contribution in [1.29, 1.82) is 0 Å². The average molecular weight is 252 g/mol. The first kappa shape index (κ1) is 13.3. The van der Waals surface area contributed by atoms with Crippen LogP contribution in [0.5, 0.6) is 5.75 Å². The molecule has 0 amide bonds. The lowest BCUT2D eigenvalue weighted by atomic mass is 9.70. The molecule has 3 heteroatoms. The van der Waals surface area contributed by atoms with Gasteiger partial charge in [-0.1, -0.05) is 32.3 Å². The van der Waals surface area contributed by atoms with Crippen molar-refractivity contribution in [3.05, 3.63) is 29.6 Å². The first-order valence-electron chi connectivity index (χ1n) is 6.68. The second kappa shape index (κ2) is 5.27. The van der Waals surface area contributed by atoms with E-state index in [0.717, 1.165) is 32.1 Å². The van der Waals surface area contributed by atoms with Gasteiger partial charge in [-0.3, -0.25) is 0 Å². The van der Waals surface area contributed by atoms with Crippen LogP contribution in [-0.4, -0.2) is 12.2 Å². The van der Waals surface area contributed by atoms with E-state index in [0.29, 0.717) is 5.56 Å². The lowest BCUT2D eigenvalue weighted by Crippen LogP contribution is -2.37. The number of aliphatic hydroxyl groups is 1. The Morgan fingerprint density at radius 3 is 2.83 bits per heavy atom. The molecule has 1 saturated carbocycles. The molecule has 1 aromatic rings. The van der Waals surface area contributed by atoms with Gasteiger partial charge >= 0.3 is 0 Å². The van der Waals surface area contributed by atoms with E-state index in [1.807, 2.05) is 0 Å². The molecule has 1 fully saturated rings. The molecule has 0 aromatic heterocycles. The van der Waals surface area contributed by atoms with Crippen molar-refractivity contribution in [3.63, 3.8) is 0 Å². The normalized spacial score (nSPS) is 28.1. The van der Waals surface area contributed by atoms with Crippen molar-refractivity contribution in [2.45, 2.75) is 44.6 Å². The second-order valence-corrected chi connectivity index (χ2v) is 5.12. The molecule has 0 heterocycles. The molecule has 2 nitrogen and oxygen atoms in total. The van der Waals surface area contributed by atoms with Crippen molar-refractivity contribution >= 4 is 0 Å². The largest absolute Gasteiger partial charge is 0.494 e. The van der Waals surface area contributed by atoms with Crippen LogP contribution in [0.4, 0.5) is 4.39 Å². The minimum Gasteiger partial charge on any atom is -0.494 e. The number of benzene rings is 1. The molecular formula is C15H21FO2. The first-order chi connectivity index (χ1) is 8.61. The van der Waals surface area contributed by atoms with E-state index in [1.54, 1.807) is 12.1 Å². The van der Waals surface area contributed by atoms with Crippen LogP contribution in [0.2, 0.25) is 0 Å². The van der Waals surface area contributed by atoms with Gasteiger partial charge in [0.15, 0.2) is 11.6 Å². The Hall–Kier alpha value is -1.09. The number of hydrogen-bond donors (Lipinski definition) is 1. The van der Waals surface area contributed by atoms with Crippen LogP contribution in [0.1, 0.15) is 44.6 Å². The van der Waals surface area contributed by atoms with Gasteiger partial charge in [-0.15, -0.1) is 0 Å². The molecule has 0 saturated heterocycles. The van der Waals surface area contributed by atoms with Crippen LogP contribution >= 0.6 is 0 Å². The predicted molar refractivity (Wildman–Crippen MR) is 69.1 cm³/mol. The minimum absolute atomic E-state index is 0.221. The van der Waals surface area contributed by atoms with Gasteiger partial charge < -0.3 is 9.84 Å². The third kappa shape index (κ3) is 2.24. The molecule has 1 aromatic carbocycles. The van der Waals surface area contributed by atoms with Crippen LogP contribution in [0.25, 0.3) is 0 Å². The monoisotopic (exact) mass is 252 g/mol. The predicted octanol–water partition coefficient (Wildman–Crippen LogP) is 3.62. The third-order valence-electron chi connectivity index (χ3n) is 4.18. The lowest BCUT2D eigenvalue weighted by molar-refractivity contribution is -0.0559. The van der Waals surface area contributed by atoms with Gasteiger partial charge in [-0.25, -0.2) is 4.39 Å². The maximum Gasteiger partial charge on any atom is 0.165 e. The topological polar surface area (TPSA) is 29.5 Å². The van der Waals surface area contributed by atoms with Crippen LogP contribution in [0, 0.1) is 11.7 Å². The molecule has 2 atom stereocenters. The van der Waals surface area contributed by atoms with Gasteiger partial charge in [-0.05, 0) is 36.5 Å². The smallest absolute Gasteiger partial charge is 0.165 e. The fourth-order valence-electron chi connectivity index (χ4n) is 3.09. The summed E-state index contributed by atoms with van der Waals surface area (Å²) in [4.78, 5) is 0. The fraction of sp³-hybridized carbons (Fsp3) is 0.600. The summed E-state index contributed by atoms with van der Waals surface area (Å²) < 4.78 is 18.7. The Bertz CT molecular complexity index is 419. The Morgan fingerprint density at radius 2 is 2.22 bits per heavy atom. The van der Waals surface area contributed by atoms with E-state index in [-0.39, 0.29) is 11.7 Å². The molecule has 1 N–H and O–H groups in total. The molecule has 100 valence electrons. The quantitative estimate of drug-likeness (QED) is 0.890.